The molecule has 0 spiro atoms. The first-order valence-electron chi connectivity index (χ1n) is 8.68. The quantitative estimate of drug-likeness (QED) is 0.605. The van der Waals surface area contributed by atoms with Crippen molar-refractivity contribution in [1.82, 2.24) is 0 Å². The Hall–Kier alpha value is 0.163. The number of hydrogen-bond acceptors (Lipinski definition) is 0. The number of halogens is 2. The van der Waals surface area contributed by atoms with Crippen LogP contribution in [0.2, 0.25) is 7.25 Å². The molecule has 0 saturated carbocycles. The minimum Gasteiger partial charge on any atom is -1.00 e. The van der Waals surface area contributed by atoms with Gasteiger partial charge >= 0.3 is 137 Å². The summed E-state index contributed by atoms with van der Waals surface area (Å²) in [6, 6.07) is 0. The summed E-state index contributed by atoms with van der Waals surface area (Å²) in [6.45, 7) is 4.30. The molecule has 4 rings (SSSR count). The predicted molar refractivity (Wildman–Crippen MR) is 87.0 cm³/mol. The molecule has 0 N–H and O–H groups in total. The fraction of sp³-hybridized carbons (Fsp3) is 0.500. The summed E-state index contributed by atoms with van der Waals surface area (Å²) >= 11 is -1.70. The molecular formula is C20H25Cl2Zr. The van der Waals surface area contributed by atoms with Crippen LogP contribution in [0.1, 0.15) is 51.4 Å². The molecule has 0 bridgehead atoms. The zero-order valence-corrected chi connectivity index (χ0v) is 17.6. The first-order chi connectivity index (χ1) is 10.4. The van der Waals surface area contributed by atoms with E-state index in [0.29, 0.717) is 0 Å². The zero-order chi connectivity index (χ0) is 14.2. The number of hydrogen-bond donors (Lipinski definition) is 0. The van der Waals surface area contributed by atoms with Crippen molar-refractivity contribution >= 4 is 0 Å². The van der Waals surface area contributed by atoms with Crippen LogP contribution in [0, 0.1) is 0 Å². The Morgan fingerprint density at radius 3 is 1.65 bits per heavy atom. The molecule has 0 aromatic rings. The fourth-order valence-electron chi connectivity index (χ4n) is 4.72. The molecule has 123 valence electrons. The van der Waals surface area contributed by atoms with E-state index in [1.54, 1.807) is 11.1 Å². The van der Waals surface area contributed by atoms with E-state index in [0.717, 1.165) is 7.25 Å². The van der Waals surface area contributed by atoms with Crippen LogP contribution in [0.25, 0.3) is 0 Å². The van der Waals surface area contributed by atoms with Gasteiger partial charge in [0.15, 0.2) is 0 Å². The van der Waals surface area contributed by atoms with E-state index < -0.39 is 21.8 Å². The number of rotatable bonds is 3. The first-order valence-corrected chi connectivity index (χ1v) is 12.9. The second kappa shape index (κ2) is 8.51. The molecule has 23 heavy (non-hydrogen) atoms. The molecule has 3 heteroatoms. The minimum atomic E-state index is -1.70. The molecule has 0 nitrogen and oxygen atoms in total. The molecular weight excluding hydrogens is 402 g/mol. The Morgan fingerprint density at radius 2 is 1.22 bits per heavy atom. The van der Waals surface area contributed by atoms with E-state index in [4.69, 9.17) is 0 Å². The van der Waals surface area contributed by atoms with Crippen LogP contribution in [0.5, 0.6) is 0 Å². The molecule has 2 atom stereocenters. The largest absolute Gasteiger partial charge is 1.00 e. The van der Waals surface area contributed by atoms with E-state index in [-0.39, 0.29) is 24.8 Å². The average Bonchev–Trinajstić information content (AvgIpc) is 3.14. The average molecular weight is 428 g/mol. The summed E-state index contributed by atoms with van der Waals surface area (Å²) in [5.74, 6) is 0. The standard InChI is InChI=1S/2C9H11.C2H3.2ClH.Zr/c2*1-2-5-9-7-3-6-8(9)4-1;1-2;;;/h2*3,6-7H,1-2,4-5H2;1H,2H2;2*1H;/q;;;;;+2/p-2. The predicted octanol–water partition coefficient (Wildman–Crippen LogP) is 0.214. The van der Waals surface area contributed by atoms with Gasteiger partial charge in [0, 0.05) is 0 Å². The van der Waals surface area contributed by atoms with Gasteiger partial charge in [0.05, 0.1) is 0 Å². The van der Waals surface area contributed by atoms with Crippen molar-refractivity contribution in [1.29, 1.82) is 0 Å². The summed E-state index contributed by atoms with van der Waals surface area (Å²) in [6.07, 6.45) is 21.1. The maximum atomic E-state index is 4.30. The van der Waals surface area contributed by atoms with Crippen LogP contribution in [0.4, 0.5) is 0 Å². The monoisotopic (exact) mass is 425 g/mol. The summed E-state index contributed by atoms with van der Waals surface area (Å²) < 4.78 is 4.09. The Kier molecular flexibility index (Phi) is 7.21. The normalized spacial score (nSPS) is 28.0. The second-order valence-corrected chi connectivity index (χ2v) is 13.4. The van der Waals surface area contributed by atoms with Crippen molar-refractivity contribution in [2.75, 3.05) is 0 Å². The topological polar surface area (TPSA) is 0 Å². The van der Waals surface area contributed by atoms with Crippen LogP contribution in [-0.4, -0.2) is 0 Å². The van der Waals surface area contributed by atoms with Crippen molar-refractivity contribution in [3.05, 3.63) is 57.0 Å². The van der Waals surface area contributed by atoms with Crippen LogP contribution < -0.4 is 24.8 Å². The molecule has 0 fully saturated rings. The summed E-state index contributed by atoms with van der Waals surface area (Å²) in [5.41, 5.74) is 7.06. The Morgan fingerprint density at radius 1 is 0.783 bits per heavy atom. The number of allylic oxidation sites excluding steroid dienone is 8. The Bertz CT molecular complexity index is 534. The molecule has 0 radical (unpaired) electrons. The molecule has 4 aliphatic rings. The molecule has 0 heterocycles. The Labute approximate surface area is 161 Å². The van der Waals surface area contributed by atoms with Gasteiger partial charge in [0.25, 0.3) is 0 Å². The van der Waals surface area contributed by atoms with Crippen LogP contribution in [0.15, 0.2) is 57.0 Å². The van der Waals surface area contributed by atoms with Crippen molar-refractivity contribution in [3.8, 4) is 0 Å². The van der Waals surface area contributed by atoms with Crippen molar-refractivity contribution in [3.63, 3.8) is 0 Å². The molecule has 2 unspecified atom stereocenters. The van der Waals surface area contributed by atoms with Gasteiger partial charge in [-0.1, -0.05) is 0 Å². The molecule has 0 amide bonds. The fourth-order valence-corrected chi connectivity index (χ4v) is 12.1. The van der Waals surface area contributed by atoms with E-state index in [1.165, 1.54) is 51.4 Å². The van der Waals surface area contributed by atoms with Gasteiger partial charge in [0.2, 0.25) is 0 Å². The summed E-state index contributed by atoms with van der Waals surface area (Å²) in [5, 5.41) is 0. The molecule has 4 aliphatic carbocycles. The van der Waals surface area contributed by atoms with Gasteiger partial charge in [0.1, 0.15) is 0 Å². The Balaban J connectivity index is 0.000000960. The molecule has 0 aromatic carbocycles. The van der Waals surface area contributed by atoms with E-state index in [9.17, 15) is 0 Å². The first kappa shape index (κ1) is 19.5. The van der Waals surface area contributed by atoms with Gasteiger partial charge < -0.3 is 24.8 Å². The van der Waals surface area contributed by atoms with E-state index in [1.807, 2.05) is 11.1 Å². The molecule has 0 aromatic heterocycles. The maximum Gasteiger partial charge on any atom is -1.00 e. The third-order valence-corrected chi connectivity index (χ3v) is 13.1. The zero-order valence-electron chi connectivity index (χ0n) is 13.7. The van der Waals surface area contributed by atoms with Gasteiger partial charge in [-0.3, -0.25) is 0 Å². The second-order valence-electron chi connectivity index (χ2n) is 6.89. The van der Waals surface area contributed by atoms with Crippen LogP contribution in [0.3, 0.4) is 0 Å². The summed E-state index contributed by atoms with van der Waals surface area (Å²) in [7, 11) is 0. The SMILES string of the molecule is C=[CH][Zr+2]([CH]1C=CC2=C1CCCC2)[CH]1C=CC2=C1CCCC2.[Cl-].[Cl-]. The van der Waals surface area contributed by atoms with Crippen molar-refractivity contribution in [2.24, 2.45) is 0 Å². The molecule has 0 aliphatic heterocycles. The van der Waals surface area contributed by atoms with E-state index in [2.05, 4.69) is 34.7 Å². The van der Waals surface area contributed by atoms with Gasteiger partial charge in [-0.15, -0.1) is 0 Å². The minimum absolute atomic E-state index is 0. The van der Waals surface area contributed by atoms with Gasteiger partial charge in [-0.2, -0.15) is 0 Å². The van der Waals surface area contributed by atoms with Crippen molar-refractivity contribution < 1.29 is 46.6 Å². The third kappa shape index (κ3) is 3.58. The van der Waals surface area contributed by atoms with Crippen LogP contribution >= 0.6 is 0 Å². The van der Waals surface area contributed by atoms with E-state index >= 15 is 0 Å². The van der Waals surface area contributed by atoms with Gasteiger partial charge in [-0.05, 0) is 0 Å². The maximum absolute atomic E-state index is 4.30. The third-order valence-electron chi connectivity index (χ3n) is 5.79. The molecule has 0 saturated heterocycles. The smallest absolute Gasteiger partial charge is 1.00 e. The van der Waals surface area contributed by atoms with Gasteiger partial charge in [-0.25, -0.2) is 0 Å². The van der Waals surface area contributed by atoms with Crippen molar-refractivity contribution in [2.45, 2.75) is 58.6 Å². The summed E-state index contributed by atoms with van der Waals surface area (Å²) in [4.78, 5) is 0. The van der Waals surface area contributed by atoms with Crippen LogP contribution in [-0.2, 0) is 21.8 Å².